The van der Waals surface area contributed by atoms with Gasteiger partial charge in [-0.25, -0.2) is 0 Å². The van der Waals surface area contributed by atoms with Crippen molar-refractivity contribution in [2.75, 3.05) is 0 Å². The first-order chi connectivity index (χ1) is 15.1. The van der Waals surface area contributed by atoms with Crippen molar-refractivity contribution in [3.05, 3.63) is 107 Å². The lowest BCUT2D eigenvalue weighted by molar-refractivity contribution is 0.867. The Bertz CT molecular complexity index is 1090. The van der Waals surface area contributed by atoms with E-state index in [1.165, 1.54) is 5.56 Å². The van der Waals surface area contributed by atoms with Gasteiger partial charge in [0.1, 0.15) is 6.07 Å². The predicted molar refractivity (Wildman–Crippen MR) is 134 cm³/mol. The van der Waals surface area contributed by atoms with Crippen LogP contribution in [0.3, 0.4) is 0 Å². The Labute approximate surface area is 186 Å². The molecule has 0 aliphatic rings. The number of aliphatic imine (C=N–C) groups is 2. The van der Waals surface area contributed by atoms with Gasteiger partial charge in [-0.2, -0.15) is 5.26 Å². The SMILES string of the molecule is C\C=C/C(=C/C=Nc1ccccc1C(C)C)C(/C=C\C)=C/C=Nc1ccccc1C#N. The highest BCUT2D eigenvalue weighted by atomic mass is 14.7. The fourth-order valence-corrected chi connectivity index (χ4v) is 3.02. The number of rotatable bonds is 8. The van der Waals surface area contributed by atoms with Crippen LogP contribution >= 0.6 is 0 Å². The molecule has 3 nitrogen and oxygen atoms in total. The predicted octanol–water partition coefficient (Wildman–Crippen LogP) is 7.79. The lowest BCUT2D eigenvalue weighted by Crippen LogP contribution is -1.88. The Kier molecular flexibility index (Phi) is 9.65. The number of hydrogen-bond donors (Lipinski definition) is 0. The number of benzene rings is 2. The summed E-state index contributed by atoms with van der Waals surface area (Å²) >= 11 is 0. The molecule has 0 spiro atoms. The molecule has 0 aliphatic heterocycles. The van der Waals surface area contributed by atoms with Gasteiger partial charge >= 0.3 is 0 Å². The molecule has 3 heteroatoms. The Hall–Kier alpha value is -3.77. The van der Waals surface area contributed by atoms with Gasteiger partial charge in [0.2, 0.25) is 0 Å². The number of allylic oxidation sites excluding steroid dienone is 8. The average molecular weight is 408 g/mol. The van der Waals surface area contributed by atoms with Crippen molar-refractivity contribution < 1.29 is 0 Å². The lowest BCUT2D eigenvalue weighted by atomic mass is 10.0. The summed E-state index contributed by atoms with van der Waals surface area (Å²) in [4.78, 5) is 9.14. The molecule has 31 heavy (non-hydrogen) atoms. The van der Waals surface area contributed by atoms with E-state index in [9.17, 15) is 5.26 Å². The molecule has 0 radical (unpaired) electrons. The van der Waals surface area contributed by atoms with Gasteiger partial charge < -0.3 is 0 Å². The van der Waals surface area contributed by atoms with Gasteiger partial charge in [-0.3, -0.25) is 9.98 Å². The van der Waals surface area contributed by atoms with Crippen molar-refractivity contribution in [3.8, 4) is 6.07 Å². The smallest absolute Gasteiger partial charge is 0.101 e. The zero-order valence-corrected chi connectivity index (χ0v) is 18.7. The highest BCUT2D eigenvalue weighted by molar-refractivity contribution is 5.82. The summed E-state index contributed by atoms with van der Waals surface area (Å²) in [6, 6.07) is 17.7. The summed E-state index contributed by atoms with van der Waals surface area (Å²) < 4.78 is 0. The van der Waals surface area contributed by atoms with Gasteiger partial charge in [0.15, 0.2) is 0 Å². The number of para-hydroxylation sites is 2. The average Bonchev–Trinajstić information content (AvgIpc) is 2.78. The van der Waals surface area contributed by atoms with Crippen LogP contribution in [-0.2, 0) is 0 Å². The van der Waals surface area contributed by atoms with E-state index in [0.717, 1.165) is 16.8 Å². The molecule has 2 aromatic rings. The highest BCUT2D eigenvalue weighted by Gasteiger charge is 2.03. The number of nitrogens with zero attached hydrogens (tertiary/aromatic N) is 3. The maximum atomic E-state index is 9.23. The van der Waals surface area contributed by atoms with Crippen molar-refractivity contribution in [3.63, 3.8) is 0 Å². The van der Waals surface area contributed by atoms with E-state index in [-0.39, 0.29) is 0 Å². The second kappa shape index (κ2) is 12.7. The minimum absolute atomic E-state index is 0.415. The first-order valence-corrected chi connectivity index (χ1v) is 10.4. The third-order valence-electron chi connectivity index (χ3n) is 4.54. The zero-order valence-electron chi connectivity index (χ0n) is 18.7. The van der Waals surface area contributed by atoms with Crippen LogP contribution in [0.5, 0.6) is 0 Å². The van der Waals surface area contributed by atoms with E-state index in [2.05, 4.69) is 36.0 Å². The molecule has 0 atom stereocenters. The molecule has 156 valence electrons. The van der Waals surface area contributed by atoms with Crippen LogP contribution < -0.4 is 0 Å². The van der Waals surface area contributed by atoms with Crippen LogP contribution in [0.2, 0.25) is 0 Å². The molecule has 0 aliphatic carbocycles. The molecule has 0 saturated carbocycles. The Morgan fingerprint density at radius 3 is 1.87 bits per heavy atom. The van der Waals surface area contributed by atoms with Crippen molar-refractivity contribution in [2.45, 2.75) is 33.6 Å². The van der Waals surface area contributed by atoms with Crippen LogP contribution in [-0.4, -0.2) is 12.4 Å². The molecule has 0 saturated heterocycles. The van der Waals surface area contributed by atoms with Crippen LogP contribution in [0.1, 0.15) is 44.7 Å². The minimum atomic E-state index is 0.415. The maximum Gasteiger partial charge on any atom is 0.101 e. The van der Waals surface area contributed by atoms with Crippen LogP contribution in [0.15, 0.2) is 106 Å². The summed E-state index contributed by atoms with van der Waals surface area (Å²) in [6.07, 6.45) is 15.6. The molecule has 0 amide bonds. The van der Waals surface area contributed by atoms with Crippen LogP contribution in [0, 0.1) is 11.3 Å². The largest absolute Gasteiger partial charge is 0.257 e. The summed E-state index contributed by atoms with van der Waals surface area (Å²) in [6.45, 7) is 8.32. The van der Waals surface area contributed by atoms with E-state index in [1.807, 2.05) is 92.9 Å². The van der Waals surface area contributed by atoms with Gasteiger partial charge in [0.05, 0.1) is 16.9 Å². The molecule has 2 aromatic carbocycles. The molecule has 0 fully saturated rings. The van der Waals surface area contributed by atoms with E-state index in [1.54, 1.807) is 12.3 Å². The Morgan fingerprint density at radius 2 is 1.32 bits per heavy atom. The van der Waals surface area contributed by atoms with Crippen molar-refractivity contribution in [1.29, 1.82) is 5.26 Å². The first kappa shape index (κ1) is 23.5. The van der Waals surface area contributed by atoms with Crippen LogP contribution in [0.25, 0.3) is 0 Å². The summed E-state index contributed by atoms with van der Waals surface area (Å²) in [7, 11) is 0. The topological polar surface area (TPSA) is 48.5 Å². The fourth-order valence-electron chi connectivity index (χ4n) is 3.02. The maximum absolute atomic E-state index is 9.23. The third kappa shape index (κ3) is 7.21. The third-order valence-corrected chi connectivity index (χ3v) is 4.54. The van der Waals surface area contributed by atoms with E-state index < -0.39 is 0 Å². The number of nitriles is 1. The van der Waals surface area contributed by atoms with Crippen molar-refractivity contribution >= 4 is 23.8 Å². The summed E-state index contributed by atoms with van der Waals surface area (Å²) in [5.41, 5.74) is 5.45. The van der Waals surface area contributed by atoms with Gasteiger partial charge in [-0.15, -0.1) is 0 Å². The molecule has 0 aromatic heterocycles. The molecule has 2 rings (SSSR count). The van der Waals surface area contributed by atoms with E-state index in [4.69, 9.17) is 0 Å². The van der Waals surface area contributed by atoms with Gasteiger partial charge in [-0.05, 0) is 66.8 Å². The highest BCUT2D eigenvalue weighted by Crippen LogP contribution is 2.26. The molecule has 0 heterocycles. The normalized spacial score (nSPS) is 13.3. The van der Waals surface area contributed by atoms with Gasteiger partial charge in [-0.1, -0.05) is 68.5 Å². The first-order valence-electron chi connectivity index (χ1n) is 10.4. The minimum Gasteiger partial charge on any atom is -0.257 e. The van der Waals surface area contributed by atoms with Gasteiger partial charge in [0, 0.05) is 12.4 Å². The Balaban J connectivity index is 2.36. The lowest BCUT2D eigenvalue weighted by Gasteiger charge is -2.08. The second-order valence-corrected chi connectivity index (χ2v) is 7.14. The molecule has 0 bridgehead atoms. The monoisotopic (exact) mass is 407 g/mol. The zero-order chi connectivity index (χ0) is 22.5. The van der Waals surface area contributed by atoms with Crippen LogP contribution in [0.4, 0.5) is 11.4 Å². The number of hydrogen-bond acceptors (Lipinski definition) is 3. The Morgan fingerprint density at radius 1 is 0.806 bits per heavy atom. The molecule has 0 N–H and O–H groups in total. The molecule has 0 unspecified atom stereocenters. The van der Waals surface area contributed by atoms with Crippen molar-refractivity contribution in [1.82, 2.24) is 0 Å². The van der Waals surface area contributed by atoms with E-state index in [0.29, 0.717) is 17.2 Å². The quantitative estimate of drug-likeness (QED) is 0.325. The fraction of sp³-hybridized carbons (Fsp3) is 0.179. The summed E-state index contributed by atoms with van der Waals surface area (Å²) in [5.74, 6) is 0.415. The second-order valence-electron chi connectivity index (χ2n) is 7.14. The standard InChI is InChI=1S/C28H29N3/c1-5-11-23(17-19-30-27-15-9-7-13-25(27)21-29)24(12-6-2)18-20-31-28-16-10-8-14-26(28)22(3)4/h5-20,22H,1-4H3/b11-5-,12-6-,23-17+,24-18-,30-19?,31-20?. The van der Waals surface area contributed by atoms with E-state index >= 15 is 0 Å². The van der Waals surface area contributed by atoms with Crippen molar-refractivity contribution in [2.24, 2.45) is 9.98 Å². The molecular weight excluding hydrogens is 378 g/mol. The summed E-state index contributed by atoms with van der Waals surface area (Å²) in [5, 5.41) is 9.23. The van der Waals surface area contributed by atoms with Gasteiger partial charge in [0.25, 0.3) is 0 Å². The molecular formula is C28H29N3.